The van der Waals surface area contributed by atoms with E-state index in [4.69, 9.17) is 9.47 Å². The Labute approximate surface area is 118 Å². The number of nitrogens with one attached hydrogen (secondary N) is 1. The summed E-state index contributed by atoms with van der Waals surface area (Å²) < 4.78 is 10.1. The van der Waals surface area contributed by atoms with Crippen LogP contribution in [0.4, 0.5) is 0 Å². The lowest BCUT2D eigenvalue weighted by molar-refractivity contribution is 0.0507. The van der Waals surface area contributed by atoms with Gasteiger partial charge >= 0.3 is 5.97 Å². The lowest BCUT2D eigenvalue weighted by Gasteiger charge is -2.07. The zero-order chi connectivity index (χ0) is 14.2. The summed E-state index contributed by atoms with van der Waals surface area (Å²) in [4.78, 5) is 11.9. The molecule has 0 aliphatic carbocycles. The van der Waals surface area contributed by atoms with Gasteiger partial charge in [-0.2, -0.15) is 0 Å². The van der Waals surface area contributed by atoms with Crippen LogP contribution in [0.1, 0.15) is 10.4 Å². The van der Waals surface area contributed by atoms with Gasteiger partial charge in [-0.05, 0) is 22.9 Å². The molecule has 0 saturated carbocycles. The first-order valence-corrected chi connectivity index (χ1v) is 6.67. The van der Waals surface area contributed by atoms with Crippen molar-refractivity contribution in [3.8, 4) is 0 Å². The van der Waals surface area contributed by atoms with Crippen LogP contribution in [0, 0.1) is 0 Å². The molecule has 0 spiro atoms. The number of hydrogen-bond acceptors (Lipinski definition) is 4. The van der Waals surface area contributed by atoms with Crippen molar-refractivity contribution in [2.75, 3.05) is 33.4 Å². The van der Waals surface area contributed by atoms with Crippen LogP contribution in [-0.4, -0.2) is 39.4 Å². The van der Waals surface area contributed by atoms with Gasteiger partial charge < -0.3 is 14.8 Å². The van der Waals surface area contributed by atoms with Crippen molar-refractivity contribution in [2.24, 2.45) is 0 Å². The second kappa shape index (κ2) is 7.62. The van der Waals surface area contributed by atoms with Crippen molar-refractivity contribution in [1.29, 1.82) is 0 Å². The maximum absolute atomic E-state index is 11.9. The minimum Gasteiger partial charge on any atom is -0.461 e. The summed E-state index contributed by atoms with van der Waals surface area (Å²) >= 11 is 0. The van der Waals surface area contributed by atoms with Crippen LogP contribution < -0.4 is 5.32 Å². The van der Waals surface area contributed by atoms with E-state index in [2.05, 4.69) is 5.32 Å². The standard InChI is InChI=1S/C16H19NO3/c1-19-10-8-17-9-11-20-16(18)15-7-6-13-4-2-3-5-14(13)12-15/h2-7,12,17H,8-11H2,1H3. The van der Waals surface area contributed by atoms with E-state index in [1.165, 1.54) is 0 Å². The molecule has 0 radical (unpaired) electrons. The molecule has 0 bridgehead atoms. The van der Waals surface area contributed by atoms with Crippen LogP contribution >= 0.6 is 0 Å². The molecule has 2 aromatic carbocycles. The third-order valence-corrected chi connectivity index (χ3v) is 2.98. The second-order valence-electron chi connectivity index (χ2n) is 4.44. The molecule has 1 N–H and O–H groups in total. The second-order valence-corrected chi connectivity index (χ2v) is 4.44. The van der Waals surface area contributed by atoms with Crippen molar-refractivity contribution in [3.63, 3.8) is 0 Å². The Bertz CT molecular complexity index is 568. The average molecular weight is 273 g/mol. The number of methoxy groups -OCH3 is 1. The number of carbonyl (C=O) groups is 1. The van der Waals surface area contributed by atoms with Gasteiger partial charge in [0.2, 0.25) is 0 Å². The van der Waals surface area contributed by atoms with E-state index in [-0.39, 0.29) is 5.97 Å². The number of rotatable bonds is 7. The van der Waals surface area contributed by atoms with Gasteiger partial charge in [-0.1, -0.05) is 30.3 Å². The van der Waals surface area contributed by atoms with Crippen LogP contribution in [0.15, 0.2) is 42.5 Å². The molecule has 0 unspecified atom stereocenters. The van der Waals surface area contributed by atoms with Crippen molar-refractivity contribution in [1.82, 2.24) is 5.32 Å². The van der Waals surface area contributed by atoms with Crippen molar-refractivity contribution >= 4 is 16.7 Å². The largest absolute Gasteiger partial charge is 0.461 e. The monoisotopic (exact) mass is 273 g/mol. The Morgan fingerprint density at radius 2 is 1.80 bits per heavy atom. The van der Waals surface area contributed by atoms with Gasteiger partial charge in [-0.3, -0.25) is 0 Å². The molecular weight excluding hydrogens is 254 g/mol. The minimum absolute atomic E-state index is 0.288. The topological polar surface area (TPSA) is 47.6 Å². The average Bonchev–Trinajstić information content (AvgIpc) is 2.50. The van der Waals surface area contributed by atoms with Gasteiger partial charge in [-0.25, -0.2) is 4.79 Å². The number of hydrogen-bond donors (Lipinski definition) is 1. The summed E-state index contributed by atoms with van der Waals surface area (Å²) in [6.07, 6.45) is 0. The van der Waals surface area contributed by atoms with E-state index in [1.54, 1.807) is 13.2 Å². The first kappa shape index (κ1) is 14.5. The predicted octanol–water partition coefficient (Wildman–Crippen LogP) is 2.23. The third kappa shape index (κ3) is 4.05. The lowest BCUT2D eigenvalue weighted by Crippen LogP contribution is -2.24. The Hall–Kier alpha value is -1.91. The first-order chi connectivity index (χ1) is 9.81. The highest BCUT2D eigenvalue weighted by Crippen LogP contribution is 2.16. The fraction of sp³-hybridized carbons (Fsp3) is 0.312. The number of ether oxygens (including phenoxy) is 2. The zero-order valence-electron chi connectivity index (χ0n) is 11.6. The maximum atomic E-state index is 11.9. The fourth-order valence-corrected chi connectivity index (χ4v) is 1.91. The molecule has 0 amide bonds. The van der Waals surface area contributed by atoms with Gasteiger partial charge in [0.1, 0.15) is 6.61 Å². The van der Waals surface area contributed by atoms with E-state index in [9.17, 15) is 4.79 Å². The van der Waals surface area contributed by atoms with E-state index in [0.717, 1.165) is 17.3 Å². The van der Waals surface area contributed by atoms with E-state index >= 15 is 0 Å². The lowest BCUT2D eigenvalue weighted by atomic mass is 10.1. The van der Waals surface area contributed by atoms with Crippen LogP contribution in [0.2, 0.25) is 0 Å². The third-order valence-electron chi connectivity index (χ3n) is 2.98. The Morgan fingerprint density at radius 3 is 2.60 bits per heavy atom. The van der Waals surface area contributed by atoms with Crippen molar-refractivity contribution in [3.05, 3.63) is 48.0 Å². The molecule has 4 heteroatoms. The molecule has 0 aliphatic heterocycles. The minimum atomic E-state index is -0.288. The molecule has 0 saturated heterocycles. The Kier molecular flexibility index (Phi) is 5.53. The molecule has 4 nitrogen and oxygen atoms in total. The van der Waals surface area contributed by atoms with E-state index in [0.29, 0.717) is 25.3 Å². The number of benzene rings is 2. The van der Waals surface area contributed by atoms with Crippen molar-refractivity contribution in [2.45, 2.75) is 0 Å². The molecule has 20 heavy (non-hydrogen) atoms. The van der Waals surface area contributed by atoms with Crippen LogP contribution in [0.3, 0.4) is 0 Å². The normalized spacial score (nSPS) is 10.7. The zero-order valence-corrected chi connectivity index (χ0v) is 11.6. The van der Waals surface area contributed by atoms with Crippen LogP contribution in [0.25, 0.3) is 10.8 Å². The van der Waals surface area contributed by atoms with Gasteiger partial charge in [-0.15, -0.1) is 0 Å². The Morgan fingerprint density at radius 1 is 1.05 bits per heavy atom. The highest BCUT2D eigenvalue weighted by atomic mass is 16.5. The van der Waals surface area contributed by atoms with Crippen LogP contribution in [-0.2, 0) is 9.47 Å². The van der Waals surface area contributed by atoms with E-state index < -0.39 is 0 Å². The summed E-state index contributed by atoms with van der Waals surface area (Å²) in [6, 6.07) is 13.5. The smallest absolute Gasteiger partial charge is 0.338 e. The molecule has 106 valence electrons. The summed E-state index contributed by atoms with van der Waals surface area (Å²) in [5.74, 6) is -0.288. The Balaban J connectivity index is 1.84. The SMILES string of the molecule is COCCNCCOC(=O)c1ccc2ccccc2c1. The molecule has 0 aliphatic rings. The fourth-order valence-electron chi connectivity index (χ4n) is 1.91. The summed E-state index contributed by atoms with van der Waals surface area (Å²) in [5.41, 5.74) is 0.584. The molecule has 0 aromatic heterocycles. The molecular formula is C16H19NO3. The van der Waals surface area contributed by atoms with Gasteiger partial charge in [0, 0.05) is 20.2 Å². The predicted molar refractivity (Wildman–Crippen MR) is 79.0 cm³/mol. The number of esters is 1. The highest BCUT2D eigenvalue weighted by molar-refractivity contribution is 5.95. The van der Waals surface area contributed by atoms with Gasteiger partial charge in [0.05, 0.1) is 12.2 Å². The number of carbonyl (C=O) groups excluding carboxylic acids is 1. The van der Waals surface area contributed by atoms with Gasteiger partial charge in [0.25, 0.3) is 0 Å². The summed E-state index contributed by atoms with van der Waals surface area (Å²) in [5, 5.41) is 5.28. The van der Waals surface area contributed by atoms with Crippen molar-refractivity contribution < 1.29 is 14.3 Å². The quantitative estimate of drug-likeness (QED) is 0.621. The summed E-state index contributed by atoms with van der Waals surface area (Å²) in [6.45, 7) is 2.39. The number of fused-ring (bicyclic) bond motifs is 1. The van der Waals surface area contributed by atoms with Crippen LogP contribution in [0.5, 0.6) is 0 Å². The van der Waals surface area contributed by atoms with E-state index in [1.807, 2.05) is 36.4 Å². The molecule has 2 rings (SSSR count). The molecule has 2 aromatic rings. The molecule has 0 fully saturated rings. The highest BCUT2D eigenvalue weighted by Gasteiger charge is 2.07. The molecule has 0 heterocycles. The summed E-state index contributed by atoms with van der Waals surface area (Å²) in [7, 11) is 1.65. The first-order valence-electron chi connectivity index (χ1n) is 6.67. The van der Waals surface area contributed by atoms with Gasteiger partial charge in [0.15, 0.2) is 0 Å². The maximum Gasteiger partial charge on any atom is 0.338 e. The molecule has 0 atom stereocenters.